The molecule has 118 valence electrons. The second-order valence-corrected chi connectivity index (χ2v) is 6.54. The number of methoxy groups -OCH3 is 1. The topological polar surface area (TPSA) is 58.6 Å². The van der Waals surface area contributed by atoms with Crippen LogP contribution >= 0.6 is 0 Å². The molecule has 0 radical (unpaired) electrons. The van der Waals surface area contributed by atoms with E-state index in [2.05, 4.69) is 5.32 Å². The molecule has 0 aliphatic carbocycles. The summed E-state index contributed by atoms with van der Waals surface area (Å²) in [6.07, 6.45) is 1.52. The number of amides is 1. The van der Waals surface area contributed by atoms with Crippen molar-refractivity contribution in [2.45, 2.75) is 37.6 Å². The molecule has 1 aromatic rings. The highest BCUT2D eigenvalue weighted by Gasteiger charge is 2.56. The molecule has 0 atom stereocenters. The van der Waals surface area contributed by atoms with Crippen LogP contribution in [0.1, 0.15) is 32.3 Å². The largest absolute Gasteiger partial charge is 0.467 e. The van der Waals surface area contributed by atoms with Gasteiger partial charge in [0.05, 0.1) is 12.5 Å². The van der Waals surface area contributed by atoms with Crippen molar-refractivity contribution >= 4 is 17.6 Å². The average Bonchev–Trinajstić information content (AvgIpc) is 2.77. The molecule has 22 heavy (non-hydrogen) atoms. The summed E-state index contributed by atoms with van der Waals surface area (Å²) < 4.78 is 4.92. The van der Waals surface area contributed by atoms with Gasteiger partial charge >= 0.3 is 5.97 Å². The lowest BCUT2D eigenvalue weighted by Crippen LogP contribution is -2.57. The van der Waals surface area contributed by atoms with Crippen LogP contribution in [0.3, 0.4) is 0 Å². The van der Waals surface area contributed by atoms with Crippen molar-refractivity contribution in [3.63, 3.8) is 0 Å². The molecule has 2 aliphatic rings. The fourth-order valence-electron chi connectivity index (χ4n) is 3.74. The molecule has 5 heteroatoms. The molecule has 0 saturated carbocycles. The Morgan fingerprint density at radius 1 is 1.27 bits per heavy atom. The average molecular weight is 302 g/mol. The van der Waals surface area contributed by atoms with Gasteiger partial charge < -0.3 is 10.1 Å². The van der Waals surface area contributed by atoms with Crippen LogP contribution in [-0.2, 0) is 19.7 Å². The van der Waals surface area contributed by atoms with Gasteiger partial charge in [0, 0.05) is 5.69 Å². The molecule has 1 amide bonds. The Morgan fingerprint density at radius 3 is 2.55 bits per heavy atom. The van der Waals surface area contributed by atoms with E-state index in [4.69, 9.17) is 4.74 Å². The van der Waals surface area contributed by atoms with Gasteiger partial charge in [-0.25, -0.2) is 4.79 Å². The molecule has 0 bridgehead atoms. The second-order valence-electron chi connectivity index (χ2n) is 6.54. The van der Waals surface area contributed by atoms with Gasteiger partial charge in [0.15, 0.2) is 0 Å². The first kappa shape index (κ1) is 15.0. The molecule has 0 unspecified atom stereocenters. The van der Waals surface area contributed by atoms with Gasteiger partial charge in [-0.05, 0) is 51.4 Å². The van der Waals surface area contributed by atoms with E-state index in [1.165, 1.54) is 7.11 Å². The van der Waals surface area contributed by atoms with Crippen LogP contribution in [0.25, 0.3) is 0 Å². The van der Waals surface area contributed by atoms with Gasteiger partial charge in [0.25, 0.3) is 0 Å². The number of hydrogen-bond donors (Lipinski definition) is 1. The lowest BCUT2D eigenvalue weighted by atomic mass is 9.74. The monoisotopic (exact) mass is 302 g/mol. The fourth-order valence-corrected chi connectivity index (χ4v) is 3.74. The van der Waals surface area contributed by atoms with E-state index < -0.39 is 16.9 Å². The Hall–Kier alpha value is -1.88. The molecule has 1 spiro atoms. The number of rotatable bonds is 2. The van der Waals surface area contributed by atoms with Crippen molar-refractivity contribution in [3.8, 4) is 0 Å². The van der Waals surface area contributed by atoms with Crippen LogP contribution in [0.5, 0.6) is 0 Å². The number of nitrogens with zero attached hydrogens (tertiary/aromatic N) is 1. The molecule has 3 rings (SSSR count). The van der Waals surface area contributed by atoms with Gasteiger partial charge in [-0.15, -0.1) is 0 Å². The van der Waals surface area contributed by atoms with Gasteiger partial charge in [0.2, 0.25) is 5.91 Å². The minimum atomic E-state index is -1.02. The Kier molecular flexibility index (Phi) is 3.48. The zero-order valence-electron chi connectivity index (χ0n) is 13.3. The minimum Gasteiger partial charge on any atom is -0.467 e. The number of nitrogens with one attached hydrogen (secondary N) is 1. The first-order chi connectivity index (χ1) is 10.4. The first-order valence-corrected chi connectivity index (χ1v) is 7.68. The SMILES string of the molecule is COC(=O)C(C)(C)N1C(=O)C2(CCNCC2)c2ccccc21. The number of benzene rings is 1. The summed E-state index contributed by atoms with van der Waals surface area (Å²) in [5.41, 5.74) is 0.354. The predicted molar refractivity (Wildman–Crippen MR) is 83.8 cm³/mol. The lowest BCUT2D eigenvalue weighted by molar-refractivity contribution is -0.147. The van der Waals surface area contributed by atoms with Gasteiger partial charge in [-0.2, -0.15) is 0 Å². The third-order valence-electron chi connectivity index (χ3n) is 4.97. The maximum atomic E-state index is 13.3. The molecule has 1 fully saturated rings. The summed E-state index contributed by atoms with van der Waals surface area (Å²) in [7, 11) is 1.36. The standard InChI is InChI=1S/C17H22N2O3/c1-16(2,15(21)22-3)19-13-7-5-4-6-12(13)17(14(19)20)8-10-18-11-9-17/h4-7,18H,8-11H2,1-3H3. The highest BCUT2D eigenvalue weighted by Crippen LogP contribution is 2.49. The maximum Gasteiger partial charge on any atom is 0.331 e. The summed E-state index contributed by atoms with van der Waals surface area (Å²) in [5, 5.41) is 3.31. The molecule has 1 saturated heterocycles. The van der Waals surface area contributed by atoms with E-state index >= 15 is 0 Å². The first-order valence-electron chi connectivity index (χ1n) is 7.68. The number of esters is 1. The summed E-state index contributed by atoms with van der Waals surface area (Å²) in [5.74, 6) is -0.382. The highest BCUT2D eigenvalue weighted by molar-refractivity contribution is 6.12. The molecule has 1 N–H and O–H groups in total. The Bertz CT molecular complexity index is 618. The van der Waals surface area contributed by atoms with E-state index in [1.54, 1.807) is 18.7 Å². The molecular formula is C17H22N2O3. The summed E-state index contributed by atoms with van der Waals surface area (Å²) in [6, 6.07) is 7.82. The van der Waals surface area contributed by atoms with Crippen molar-refractivity contribution in [1.29, 1.82) is 0 Å². The van der Waals surface area contributed by atoms with E-state index in [0.717, 1.165) is 37.2 Å². The number of anilines is 1. The number of fused-ring (bicyclic) bond motifs is 2. The maximum absolute atomic E-state index is 13.3. The van der Waals surface area contributed by atoms with Gasteiger partial charge in [-0.1, -0.05) is 18.2 Å². The van der Waals surface area contributed by atoms with Crippen LogP contribution < -0.4 is 10.2 Å². The number of ether oxygens (including phenoxy) is 1. The summed E-state index contributed by atoms with van der Waals surface area (Å²) >= 11 is 0. The fraction of sp³-hybridized carbons (Fsp3) is 0.529. The normalized spacial score (nSPS) is 20.1. The molecule has 1 aromatic carbocycles. The second kappa shape index (κ2) is 5.09. The van der Waals surface area contributed by atoms with E-state index in [-0.39, 0.29) is 5.91 Å². The van der Waals surface area contributed by atoms with E-state index in [9.17, 15) is 9.59 Å². The molecule has 0 aromatic heterocycles. The van der Waals surface area contributed by atoms with Gasteiger partial charge in [-0.3, -0.25) is 9.69 Å². The van der Waals surface area contributed by atoms with Crippen LogP contribution in [0.2, 0.25) is 0 Å². The molecule has 2 aliphatic heterocycles. The lowest BCUT2D eigenvalue weighted by Gasteiger charge is -2.37. The molecule has 5 nitrogen and oxygen atoms in total. The third kappa shape index (κ3) is 1.88. The van der Waals surface area contributed by atoms with Crippen LogP contribution in [0.4, 0.5) is 5.69 Å². The third-order valence-corrected chi connectivity index (χ3v) is 4.97. The number of carbonyl (C=O) groups excluding carboxylic acids is 2. The smallest absolute Gasteiger partial charge is 0.331 e. The van der Waals surface area contributed by atoms with Crippen molar-refractivity contribution in [3.05, 3.63) is 29.8 Å². The zero-order valence-corrected chi connectivity index (χ0v) is 13.3. The molecule has 2 heterocycles. The van der Waals surface area contributed by atoms with Crippen LogP contribution in [0, 0.1) is 0 Å². The molecular weight excluding hydrogens is 280 g/mol. The number of piperidine rings is 1. The predicted octanol–water partition coefficient (Wildman–Crippen LogP) is 1.61. The van der Waals surface area contributed by atoms with Gasteiger partial charge in [0.1, 0.15) is 5.54 Å². The Labute approximate surface area is 130 Å². The summed E-state index contributed by atoms with van der Waals surface area (Å²) in [6.45, 7) is 5.11. The van der Waals surface area contributed by atoms with Crippen molar-refractivity contribution in [2.24, 2.45) is 0 Å². The van der Waals surface area contributed by atoms with Crippen molar-refractivity contribution < 1.29 is 14.3 Å². The summed E-state index contributed by atoms with van der Waals surface area (Å²) in [4.78, 5) is 27.2. The van der Waals surface area contributed by atoms with Crippen LogP contribution in [0.15, 0.2) is 24.3 Å². The number of hydrogen-bond acceptors (Lipinski definition) is 4. The van der Waals surface area contributed by atoms with Crippen LogP contribution in [-0.4, -0.2) is 37.6 Å². The van der Waals surface area contributed by atoms with E-state index in [0.29, 0.717) is 0 Å². The van der Waals surface area contributed by atoms with E-state index in [1.807, 2.05) is 24.3 Å². The van der Waals surface area contributed by atoms with Crippen molar-refractivity contribution in [1.82, 2.24) is 5.32 Å². The van der Waals surface area contributed by atoms with Crippen molar-refractivity contribution in [2.75, 3.05) is 25.1 Å². The quantitative estimate of drug-likeness (QED) is 0.843. The zero-order chi connectivity index (χ0) is 16.0. The Morgan fingerprint density at radius 2 is 1.91 bits per heavy atom. The number of para-hydroxylation sites is 1. The number of carbonyl (C=O) groups is 2. The highest BCUT2D eigenvalue weighted by atomic mass is 16.5. The Balaban J connectivity index is 2.14. The minimum absolute atomic E-state index is 0.0191.